The zero-order valence-electron chi connectivity index (χ0n) is 13.3. The number of rotatable bonds is 2. The molecule has 4 unspecified atom stereocenters. The minimum Gasteiger partial charge on any atom is -0.487 e. The second-order valence-corrected chi connectivity index (χ2v) is 7.42. The van der Waals surface area contributed by atoms with Gasteiger partial charge in [0.1, 0.15) is 11.4 Å². The Morgan fingerprint density at radius 2 is 2.10 bits per heavy atom. The van der Waals surface area contributed by atoms with Gasteiger partial charge in [-0.15, -0.1) is 0 Å². The summed E-state index contributed by atoms with van der Waals surface area (Å²) in [6, 6.07) is 6.41. The van der Waals surface area contributed by atoms with Gasteiger partial charge in [-0.05, 0) is 55.8 Å². The van der Waals surface area contributed by atoms with Gasteiger partial charge in [0.15, 0.2) is 0 Å². The molecule has 1 N–H and O–H groups in total. The molecule has 0 radical (unpaired) electrons. The number of hydrogen-bond donors (Lipinski definition) is 1. The largest absolute Gasteiger partial charge is 0.487 e. The van der Waals surface area contributed by atoms with Crippen molar-refractivity contribution in [2.75, 3.05) is 6.54 Å². The van der Waals surface area contributed by atoms with Crippen LogP contribution in [-0.2, 0) is 0 Å². The van der Waals surface area contributed by atoms with E-state index >= 15 is 0 Å². The van der Waals surface area contributed by atoms with Gasteiger partial charge in [0.25, 0.3) is 0 Å². The summed E-state index contributed by atoms with van der Waals surface area (Å²) in [4.78, 5) is 0. The SMILES string of the molecule is CCNC1CC2(CCC(C)C(C)C2)Oc2ccc(Cl)cc21. The van der Waals surface area contributed by atoms with Crippen LogP contribution in [0.4, 0.5) is 0 Å². The van der Waals surface area contributed by atoms with Crippen molar-refractivity contribution in [1.82, 2.24) is 5.32 Å². The third kappa shape index (κ3) is 2.93. The number of fused-ring (bicyclic) bond motifs is 1. The summed E-state index contributed by atoms with van der Waals surface area (Å²) >= 11 is 6.18. The first kappa shape index (κ1) is 15.2. The lowest BCUT2D eigenvalue weighted by atomic mass is 9.69. The molecule has 116 valence electrons. The van der Waals surface area contributed by atoms with Crippen LogP contribution in [0, 0.1) is 11.8 Å². The summed E-state index contributed by atoms with van der Waals surface area (Å²) < 4.78 is 6.51. The monoisotopic (exact) mass is 307 g/mol. The molecule has 2 aliphatic rings. The first-order valence-corrected chi connectivity index (χ1v) is 8.62. The van der Waals surface area contributed by atoms with E-state index in [0.29, 0.717) is 6.04 Å². The van der Waals surface area contributed by atoms with Crippen LogP contribution in [0.5, 0.6) is 5.75 Å². The van der Waals surface area contributed by atoms with E-state index in [9.17, 15) is 0 Å². The van der Waals surface area contributed by atoms with Crippen LogP contribution in [0.2, 0.25) is 5.02 Å². The molecule has 0 amide bonds. The van der Waals surface area contributed by atoms with Gasteiger partial charge >= 0.3 is 0 Å². The minimum atomic E-state index is 0.0135. The first-order valence-electron chi connectivity index (χ1n) is 8.25. The van der Waals surface area contributed by atoms with Crippen LogP contribution in [0.3, 0.4) is 0 Å². The van der Waals surface area contributed by atoms with E-state index in [4.69, 9.17) is 16.3 Å². The lowest BCUT2D eigenvalue weighted by Gasteiger charge is -2.48. The maximum atomic E-state index is 6.51. The van der Waals surface area contributed by atoms with Crippen LogP contribution >= 0.6 is 11.6 Å². The molecule has 1 aromatic rings. The number of ether oxygens (including phenoxy) is 1. The Morgan fingerprint density at radius 1 is 1.29 bits per heavy atom. The van der Waals surface area contributed by atoms with Gasteiger partial charge in [0, 0.05) is 23.0 Å². The number of nitrogens with one attached hydrogen (secondary N) is 1. The molecule has 3 rings (SSSR count). The fourth-order valence-corrected chi connectivity index (χ4v) is 4.19. The number of halogens is 1. The Labute approximate surface area is 133 Å². The van der Waals surface area contributed by atoms with Crippen LogP contribution in [0.15, 0.2) is 18.2 Å². The second kappa shape index (κ2) is 5.81. The summed E-state index contributed by atoms with van der Waals surface area (Å²) in [5.74, 6) is 2.57. The van der Waals surface area contributed by atoms with Gasteiger partial charge < -0.3 is 10.1 Å². The number of hydrogen-bond acceptors (Lipinski definition) is 2. The van der Waals surface area contributed by atoms with Crippen molar-refractivity contribution >= 4 is 11.6 Å². The van der Waals surface area contributed by atoms with Gasteiger partial charge in [0.05, 0.1) is 0 Å². The molecule has 0 saturated heterocycles. The highest BCUT2D eigenvalue weighted by molar-refractivity contribution is 6.30. The van der Waals surface area contributed by atoms with E-state index in [1.165, 1.54) is 18.4 Å². The van der Waals surface area contributed by atoms with E-state index in [2.05, 4.69) is 32.2 Å². The predicted octanol–water partition coefficient (Wildman–Crippen LogP) is 4.97. The quantitative estimate of drug-likeness (QED) is 0.833. The average molecular weight is 308 g/mol. The fraction of sp³-hybridized carbons (Fsp3) is 0.667. The Hall–Kier alpha value is -0.730. The standard InChI is InChI=1S/C18H26ClNO/c1-4-20-16-11-18(8-7-12(2)13(3)10-18)21-17-6-5-14(19)9-15(16)17/h5-6,9,12-13,16,20H,4,7-8,10-11H2,1-3H3. The molecule has 3 heteroatoms. The molecule has 0 bridgehead atoms. The Bertz CT molecular complexity index is 518. The smallest absolute Gasteiger partial charge is 0.125 e. The van der Waals surface area contributed by atoms with Crippen molar-refractivity contribution in [3.8, 4) is 5.75 Å². The predicted molar refractivity (Wildman–Crippen MR) is 88.0 cm³/mol. The van der Waals surface area contributed by atoms with Crippen molar-refractivity contribution in [2.45, 2.75) is 58.1 Å². The third-order valence-corrected chi connectivity index (χ3v) is 5.66. The molecule has 21 heavy (non-hydrogen) atoms. The molecular weight excluding hydrogens is 282 g/mol. The molecular formula is C18H26ClNO. The molecule has 1 heterocycles. The van der Waals surface area contributed by atoms with Crippen LogP contribution in [-0.4, -0.2) is 12.1 Å². The summed E-state index contributed by atoms with van der Waals surface area (Å²) in [6.07, 6.45) is 4.66. The molecule has 1 saturated carbocycles. The van der Waals surface area contributed by atoms with Crippen LogP contribution in [0.1, 0.15) is 58.1 Å². The summed E-state index contributed by atoms with van der Waals surface area (Å²) in [5, 5.41) is 4.42. The summed E-state index contributed by atoms with van der Waals surface area (Å²) in [7, 11) is 0. The molecule has 1 aliphatic heterocycles. The van der Waals surface area contributed by atoms with Gasteiger partial charge in [-0.3, -0.25) is 0 Å². The lowest BCUT2D eigenvalue weighted by molar-refractivity contribution is -0.0321. The second-order valence-electron chi connectivity index (χ2n) is 6.98. The van der Waals surface area contributed by atoms with Crippen molar-refractivity contribution in [2.24, 2.45) is 11.8 Å². The highest BCUT2D eigenvalue weighted by Crippen LogP contribution is 2.49. The summed E-state index contributed by atoms with van der Waals surface area (Å²) in [6.45, 7) is 7.88. The highest BCUT2D eigenvalue weighted by Gasteiger charge is 2.44. The van der Waals surface area contributed by atoms with Crippen molar-refractivity contribution in [3.05, 3.63) is 28.8 Å². The van der Waals surface area contributed by atoms with Crippen molar-refractivity contribution in [1.29, 1.82) is 0 Å². The van der Waals surface area contributed by atoms with Gasteiger partial charge in [0.2, 0.25) is 0 Å². The lowest BCUT2D eigenvalue weighted by Crippen LogP contribution is -2.48. The zero-order valence-corrected chi connectivity index (χ0v) is 14.0. The van der Waals surface area contributed by atoms with E-state index in [0.717, 1.165) is 42.0 Å². The highest BCUT2D eigenvalue weighted by atomic mass is 35.5. The van der Waals surface area contributed by atoms with E-state index in [-0.39, 0.29) is 5.60 Å². The zero-order chi connectivity index (χ0) is 15.0. The summed E-state index contributed by atoms with van der Waals surface area (Å²) in [5.41, 5.74) is 1.24. The maximum absolute atomic E-state index is 6.51. The Kier molecular flexibility index (Phi) is 4.20. The molecule has 4 atom stereocenters. The Morgan fingerprint density at radius 3 is 2.81 bits per heavy atom. The Balaban J connectivity index is 1.92. The van der Waals surface area contributed by atoms with Gasteiger partial charge in [-0.1, -0.05) is 32.4 Å². The van der Waals surface area contributed by atoms with Crippen molar-refractivity contribution < 1.29 is 4.74 Å². The van der Waals surface area contributed by atoms with Crippen LogP contribution in [0.25, 0.3) is 0 Å². The maximum Gasteiger partial charge on any atom is 0.125 e. The van der Waals surface area contributed by atoms with Crippen molar-refractivity contribution in [3.63, 3.8) is 0 Å². The molecule has 0 aromatic heterocycles. The van der Waals surface area contributed by atoms with E-state index in [1.54, 1.807) is 0 Å². The third-order valence-electron chi connectivity index (χ3n) is 5.42. The molecule has 1 aromatic carbocycles. The normalized spacial score (nSPS) is 35.3. The van der Waals surface area contributed by atoms with Gasteiger partial charge in [-0.25, -0.2) is 0 Å². The van der Waals surface area contributed by atoms with E-state index in [1.807, 2.05) is 12.1 Å². The molecule has 2 nitrogen and oxygen atoms in total. The van der Waals surface area contributed by atoms with Gasteiger partial charge in [-0.2, -0.15) is 0 Å². The van der Waals surface area contributed by atoms with E-state index < -0.39 is 0 Å². The molecule has 1 spiro atoms. The van der Waals surface area contributed by atoms with Crippen LogP contribution < -0.4 is 10.1 Å². The molecule has 1 fully saturated rings. The molecule has 1 aliphatic carbocycles. The average Bonchev–Trinajstić information content (AvgIpc) is 2.45. The number of benzene rings is 1. The topological polar surface area (TPSA) is 21.3 Å². The fourth-order valence-electron chi connectivity index (χ4n) is 4.01. The first-order chi connectivity index (χ1) is 10.0. The minimum absolute atomic E-state index is 0.0135.